The minimum absolute atomic E-state index is 0.362. The standard InChI is InChI=1S/C18H13ClN4O/c19-17-7-6-13(10-21-17)15-4-1-2-5-16(15)24-12-14-11-23-9-3-8-20-18(23)22-14/h1-11H,12H2. The quantitative estimate of drug-likeness (QED) is 0.528. The van der Waals surface area contributed by atoms with Gasteiger partial charge in [0.25, 0.3) is 0 Å². The average molecular weight is 337 g/mol. The van der Waals surface area contributed by atoms with E-state index >= 15 is 0 Å². The van der Waals surface area contributed by atoms with Crippen molar-refractivity contribution in [2.75, 3.05) is 0 Å². The van der Waals surface area contributed by atoms with Gasteiger partial charge in [-0.25, -0.2) is 15.0 Å². The Morgan fingerprint density at radius 1 is 1.04 bits per heavy atom. The molecule has 4 aromatic rings. The van der Waals surface area contributed by atoms with Crippen molar-refractivity contribution in [3.8, 4) is 16.9 Å². The molecule has 0 saturated carbocycles. The van der Waals surface area contributed by atoms with Crippen molar-refractivity contribution >= 4 is 17.4 Å². The monoisotopic (exact) mass is 336 g/mol. The highest BCUT2D eigenvalue weighted by atomic mass is 35.5. The highest BCUT2D eigenvalue weighted by molar-refractivity contribution is 6.29. The molecule has 118 valence electrons. The van der Waals surface area contributed by atoms with Gasteiger partial charge in [0.2, 0.25) is 5.78 Å². The van der Waals surface area contributed by atoms with Gasteiger partial charge in [0, 0.05) is 35.9 Å². The summed E-state index contributed by atoms with van der Waals surface area (Å²) in [5.41, 5.74) is 2.73. The molecule has 0 aliphatic heterocycles. The lowest BCUT2D eigenvalue weighted by Crippen LogP contribution is -1.97. The van der Waals surface area contributed by atoms with E-state index in [1.165, 1.54) is 0 Å². The fourth-order valence-corrected chi connectivity index (χ4v) is 2.58. The summed E-state index contributed by atoms with van der Waals surface area (Å²) < 4.78 is 7.84. The Balaban J connectivity index is 1.59. The maximum atomic E-state index is 5.97. The van der Waals surface area contributed by atoms with Crippen LogP contribution in [0.4, 0.5) is 0 Å². The first-order valence-corrected chi connectivity index (χ1v) is 7.80. The topological polar surface area (TPSA) is 52.3 Å². The highest BCUT2D eigenvalue weighted by Gasteiger charge is 2.08. The summed E-state index contributed by atoms with van der Waals surface area (Å²) in [6.07, 6.45) is 7.27. The van der Waals surface area contributed by atoms with E-state index in [4.69, 9.17) is 16.3 Å². The number of rotatable bonds is 4. The molecule has 0 N–H and O–H groups in total. The number of hydrogen-bond donors (Lipinski definition) is 0. The third-order valence-electron chi connectivity index (χ3n) is 3.59. The van der Waals surface area contributed by atoms with Crippen LogP contribution in [0.25, 0.3) is 16.9 Å². The van der Waals surface area contributed by atoms with Crippen molar-refractivity contribution < 1.29 is 4.74 Å². The number of halogens is 1. The van der Waals surface area contributed by atoms with Crippen molar-refractivity contribution in [2.45, 2.75) is 6.61 Å². The highest BCUT2D eigenvalue weighted by Crippen LogP contribution is 2.30. The number of fused-ring (bicyclic) bond motifs is 1. The zero-order valence-corrected chi connectivity index (χ0v) is 13.4. The van der Waals surface area contributed by atoms with Crippen LogP contribution in [0, 0.1) is 0 Å². The molecular formula is C18H13ClN4O. The van der Waals surface area contributed by atoms with Gasteiger partial charge in [-0.05, 0) is 24.3 Å². The Hall–Kier alpha value is -2.92. The molecule has 6 heteroatoms. The molecule has 3 heterocycles. The third kappa shape index (κ3) is 2.94. The van der Waals surface area contributed by atoms with Crippen LogP contribution in [-0.4, -0.2) is 19.4 Å². The lowest BCUT2D eigenvalue weighted by molar-refractivity contribution is 0.303. The SMILES string of the molecule is Clc1ccc(-c2ccccc2OCc2cn3cccnc3n2)cn1. The van der Waals surface area contributed by atoms with Crippen LogP contribution in [-0.2, 0) is 6.61 Å². The smallest absolute Gasteiger partial charge is 0.234 e. The van der Waals surface area contributed by atoms with Crippen LogP contribution in [0.3, 0.4) is 0 Å². The van der Waals surface area contributed by atoms with Crippen LogP contribution in [0.5, 0.6) is 5.75 Å². The fourth-order valence-electron chi connectivity index (χ4n) is 2.47. The second kappa shape index (κ2) is 6.29. The Morgan fingerprint density at radius 2 is 1.96 bits per heavy atom. The first-order chi connectivity index (χ1) is 11.8. The molecular weight excluding hydrogens is 324 g/mol. The fraction of sp³-hybridized carbons (Fsp3) is 0.0556. The van der Waals surface area contributed by atoms with Crippen LogP contribution >= 0.6 is 11.6 Å². The van der Waals surface area contributed by atoms with Gasteiger partial charge in [-0.2, -0.15) is 0 Å². The van der Waals surface area contributed by atoms with E-state index in [0.717, 1.165) is 22.6 Å². The van der Waals surface area contributed by atoms with Crippen LogP contribution < -0.4 is 4.74 Å². The summed E-state index contributed by atoms with van der Waals surface area (Å²) in [5, 5.41) is 0.467. The van der Waals surface area contributed by atoms with E-state index in [2.05, 4.69) is 15.0 Å². The van der Waals surface area contributed by atoms with E-state index in [1.807, 2.05) is 53.2 Å². The predicted octanol–water partition coefficient (Wildman–Crippen LogP) is 4.02. The number of hydrogen-bond acceptors (Lipinski definition) is 4. The number of imidazole rings is 1. The summed E-state index contributed by atoms with van der Waals surface area (Å²) in [6.45, 7) is 0.362. The molecule has 0 atom stereocenters. The normalized spacial score (nSPS) is 10.9. The van der Waals surface area contributed by atoms with Gasteiger partial charge in [-0.1, -0.05) is 29.8 Å². The summed E-state index contributed by atoms with van der Waals surface area (Å²) in [5.74, 6) is 1.43. The van der Waals surface area contributed by atoms with Crippen molar-refractivity contribution in [3.05, 3.63) is 78.1 Å². The van der Waals surface area contributed by atoms with E-state index in [9.17, 15) is 0 Å². The molecule has 0 spiro atoms. The molecule has 0 aliphatic carbocycles. The summed E-state index contributed by atoms with van der Waals surface area (Å²) in [7, 11) is 0. The van der Waals surface area contributed by atoms with Gasteiger partial charge in [0.05, 0.1) is 5.69 Å². The van der Waals surface area contributed by atoms with Crippen molar-refractivity contribution in [3.63, 3.8) is 0 Å². The minimum atomic E-state index is 0.362. The van der Waals surface area contributed by atoms with Gasteiger partial charge < -0.3 is 4.74 Å². The van der Waals surface area contributed by atoms with E-state index < -0.39 is 0 Å². The Morgan fingerprint density at radius 3 is 2.79 bits per heavy atom. The first-order valence-electron chi connectivity index (χ1n) is 7.42. The second-order valence-electron chi connectivity index (χ2n) is 5.21. The van der Waals surface area contributed by atoms with Gasteiger partial charge in [-0.3, -0.25) is 4.40 Å². The van der Waals surface area contributed by atoms with Crippen LogP contribution in [0.15, 0.2) is 67.3 Å². The molecule has 0 saturated heterocycles. The largest absolute Gasteiger partial charge is 0.487 e. The van der Waals surface area contributed by atoms with E-state index in [-0.39, 0.29) is 0 Å². The zero-order chi connectivity index (χ0) is 16.4. The van der Waals surface area contributed by atoms with Crippen LogP contribution in [0.1, 0.15) is 5.69 Å². The maximum Gasteiger partial charge on any atom is 0.234 e. The lowest BCUT2D eigenvalue weighted by atomic mass is 10.1. The number of para-hydroxylation sites is 1. The number of aromatic nitrogens is 4. The molecule has 5 nitrogen and oxygen atoms in total. The lowest BCUT2D eigenvalue weighted by Gasteiger charge is -2.10. The molecule has 1 aromatic carbocycles. The van der Waals surface area contributed by atoms with Crippen molar-refractivity contribution in [1.29, 1.82) is 0 Å². The average Bonchev–Trinajstić information content (AvgIpc) is 3.04. The summed E-state index contributed by atoms with van der Waals surface area (Å²) >= 11 is 5.86. The maximum absolute atomic E-state index is 5.97. The molecule has 0 aliphatic rings. The molecule has 0 amide bonds. The number of benzene rings is 1. The summed E-state index contributed by atoms with van der Waals surface area (Å²) in [6, 6.07) is 13.4. The van der Waals surface area contributed by atoms with Gasteiger partial charge in [0.15, 0.2) is 0 Å². The van der Waals surface area contributed by atoms with Gasteiger partial charge >= 0.3 is 0 Å². The summed E-state index contributed by atoms with van der Waals surface area (Å²) in [4.78, 5) is 12.8. The molecule has 0 bridgehead atoms. The number of pyridine rings is 1. The zero-order valence-electron chi connectivity index (χ0n) is 12.6. The van der Waals surface area contributed by atoms with Crippen molar-refractivity contribution in [2.24, 2.45) is 0 Å². The third-order valence-corrected chi connectivity index (χ3v) is 3.81. The molecule has 24 heavy (non-hydrogen) atoms. The number of nitrogens with zero attached hydrogens (tertiary/aromatic N) is 4. The molecule has 0 radical (unpaired) electrons. The molecule has 3 aromatic heterocycles. The van der Waals surface area contributed by atoms with E-state index in [0.29, 0.717) is 17.5 Å². The van der Waals surface area contributed by atoms with Crippen molar-refractivity contribution in [1.82, 2.24) is 19.4 Å². The first kappa shape index (κ1) is 14.7. The molecule has 0 fully saturated rings. The van der Waals surface area contributed by atoms with Gasteiger partial charge in [0.1, 0.15) is 17.5 Å². The second-order valence-corrected chi connectivity index (χ2v) is 5.60. The van der Waals surface area contributed by atoms with Crippen LogP contribution in [0.2, 0.25) is 5.15 Å². The molecule has 0 unspecified atom stereocenters. The Bertz CT molecular complexity index is 949. The predicted molar refractivity (Wildman–Crippen MR) is 92.0 cm³/mol. The minimum Gasteiger partial charge on any atom is -0.487 e. The Labute approximate surface area is 143 Å². The Kier molecular flexibility index (Phi) is 3.84. The van der Waals surface area contributed by atoms with E-state index in [1.54, 1.807) is 18.5 Å². The number of ether oxygens (including phenoxy) is 1. The molecule has 4 rings (SSSR count). The van der Waals surface area contributed by atoms with Gasteiger partial charge in [-0.15, -0.1) is 0 Å².